The first-order valence-corrected chi connectivity index (χ1v) is 4.31. The second-order valence-corrected chi connectivity index (χ2v) is 3.71. The molecular formula is C6H9IO2. The van der Waals surface area contributed by atoms with Gasteiger partial charge in [-0.2, -0.15) is 0 Å². The van der Waals surface area contributed by atoms with E-state index in [2.05, 4.69) is 22.6 Å². The van der Waals surface area contributed by atoms with Crippen LogP contribution in [-0.2, 0) is 9.53 Å². The highest BCUT2D eigenvalue weighted by Gasteiger charge is 2.42. The Hall–Kier alpha value is 0.200. The Bertz CT molecular complexity index is 124. The molecule has 1 saturated carbocycles. The van der Waals surface area contributed by atoms with Crippen molar-refractivity contribution in [1.82, 2.24) is 0 Å². The van der Waals surface area contributed by atoms with E-state index in [0.29, 0.717) is 10.5 Å². The Labute approximate surface area is 68.1 Å². The maximum Gasteiger partial charge on any atom is 0.310 e. The van der Waals surface area contributed by atoms with E-state index in [0.717, 1.165) is 6.42 Å². The molecule has 1 aliphatic rings. The van der Waals surface area contributed by atoms with Crippen LogP contribution in [0.25, 0.3) is 0 Å². The second kappa shape index (κ2) is 2.86. The molecule has 0 aromatic carbocycles. The van der Waals surface area contributed by atoms with Gasteiger partial charge >= 0.3 is 5.97 Å². The fourth-order valence-electron chi connectivity index (χ4n) is 0.657. The summed E-state index contributed by atoms with van der Waals surface area (Å²) in [5.74, 6) is 0.197. The lowest BCUT2D eigenvalue weighted by Gasteiger charge is -1.96. The Morgan fingerprint density at radius 3 is 2.78 bits per heavy atom. The number of carbonyl (C=O) groups is 1. The highest BCUT2D eigenvalue weighted by atomic mass is 127. The molecule has 1 aliphatic carbocycles. The molecule has 0 aliphatic heterocycles. The predicted molar refractivity (Wildman–Crippen MR) is 42.5 cm³/mol. The van der Waals surface area contributed by atoms with Gasteiger partial charge in [-0.25, -0.2) is 0 Å². The van der Waals surface area contributed by atoms with Crippen LogP contribution < -0.4 is 0 Å². The summed E-state index contributed by atoms with van der Waals surface area (Å²) in [5, 5.41) is 0. The minimum absolute atomic E-state index is 0.0168. The number of carbonyl (C=O) groups excluding carboxylic acids is 1. The summed E-state index contributed by atoms with van der Waals surface area (Å²) >= 11 is 2.27. The van der Waals surface area contributed by atoms with Gasteiger partial charge in [-0.15, -0.1) is 0 Å². The lowest BCUT2D eigenvalue weighted by Crippen LogP contribution is -2.06. The van der Waals surface area contributed by atoms with Crippen molar-refractivity contribution < 1.29 is 9.53 Å². The summed E-state index contributed by atoms with van der Waals surface area (Å²) in [6, 6.07) is 0. The number of hydrogen-bond acceptors (Lipinski definition) is 2. The molecule has 0 spiro atoms. The van der Waals surface area contributed by atoms with Crippen molar-refractivity contribution in [2.24, 2.45) is 5.92 Å². The molecule has 0 bridgehead atoms. The van der Waals surface area contributed by atoms with E-state index in [1.54, 1.807) is 0 Å². The van der Waals surface area contributed by atoms with Crippen LogP contribution in [0, 0.1) is 5.92 Å². The van der Waals surface area contributed by atoms with Gasteiger partial charge in [0.05, 0.1) is 12.5 Å². The molecule has 0 N–H and O–H groups in total. The number of hydrogen-bond donors (Lipinski definition) is 0. The first-order valence-electron chi connectivity index (χ1n) is 3.06. The third-order valence-corrected chi connectivity index (χ3v) is 2.68. The molecule has 0 radical (unpaired) electrons. The third-order valence-electron chi connectivity index (χ3n) is 1.30. The van der Waals surface area contributed by atoms with Crippen molar-refractivity contribution in [2.75, 3.05) is 6.61 Å². The maximum atomic E-state index is 10.8. The molecule has 0 aromatic rings. The van der Waals surface area contributed by atoms with Gasteiger partial charge < -0.3 is 4.74 Å². The van der Waals surface area contributed by atoms with Gasteiger partial charge in [0, 0.05) is 3.92 Å². The number of alkyl halides is 1. The van der Waals surface area contributed by atoms with Gasteiger partial charge in [0.25, 0.3) is 0 Å². The van der Waals surface area contributed by atoms with Crippen molar-refractivity contribution in [3.63, 3.8) is 0 Å². The van der Waals surface area contributed by atoms with Gasteiger partial charge in [0.1, 0.15) is 0 Å². The van der Waals surface area contributed by atoms with Crippen LogP contribution in [-0.4, -0.2) is 16.5 Å². The fourth-order valence-corrected chi connectivity index (χ4v) is 1.50. The number of ether oxygens (including phenoxy) is 1. The Morgan fingerprint density at radius 1 is 1.89 bits per heavy atom. The van der Waals surface area contributed by atoms with Crippen molar-refractivity contribution >= 4 is 28.6 Å². The van der Waals surface area contributed by atoms with E-state index in [4.69, 9.17) is 4.74 Å². The van der Waals surface area contributed by atoms with Crippen LogP contribution >= 0.6 is 22.6 Å². The molecule has 1 rings (SSSR count). The Balaban J connectivity index is 2.20. The van der Waals surface area contributed by atoms with Crippen LogP contribution in [0.3, 0.4) is 0 Å². The topological polar surface area (TPSA) is 26.3 Å². The zero-order chi connectivity index (χ0) is 6.85. The van der Waals surface area contributed by atoms with Gasteiger partial charge in [-0.1, -0.05) is 22.6 Å². The van der Waals surface area contributed by atoms with Crippen LogP contribution in [0.2, 0.25) is 0 Å². The van der Waals surface area contributed by atoms with E-state index >= 15 is 0 Å². The van der Waals surface area contributed by atoms with Gasteiger partial charge in [0.2, 0.25) is 0 Å². The average molecular weight is 240 g/mol. The quantitative estimate of drug-likeness (QED) is 0.414. The monoisotopic (exact) mass is 240 g/mol. The van der Waals surface area contributed by atoms with Crippen LogP contribution in [0.5, 0.6) is 0 Å². The Morgan fingerprint density at radius 2 is 2.44 bits per heavy atom. The smallest absolute Gasteiger partial charge is 0.310 e. The summed E-state index contributed by atoms with van der Waals surface area (Å²) in [4.78, 5) is 10.8. The lowest BCUT2D eigenvalue weighted by molar-refractivity contribution is -0.144. The van der Waals surface area contributed by atoms with Crippen LogP contribution in [0.4, 0.5) is 0 Å². The van der Waals surface area contributed by atoms with Crippen molar-refractivity contribution in [2.45, 2.75) is 17.3 Å². The second-order valence-electron chi connectivity index (χ2n) is 2.11. The molecule has 0 aromatic heterocycles. The number of esters is 1. The molecule has 9 heavy (non-hydrogen) atoms. The summed E-state index contributed by atoms with van der Waals surface area (Å²) in [7, 11) is 0. The molecule has 0 amide bonds. The number of rotatable bonds is 2. The summed E-state index contributed by atoms with van der Waals surface area (Å²) in [5.41, 5.74) is 0. The molecular weight excluding hydrogens is 231 g/mol. The Kier molecular flexibility index (Phi) is 2.32. The number of halogens is 1. The van der Waals surface area contributed by atoms with Crippen LogP contribution in [0.1, 0.15) is 13.3 Å². The SMILES string of the molecule is CCOC(=O)[C@@H]1C[C@H]1I. The van der Waals surface area contributed by atoms with Gasteiger partial charge in [-0.3, -0.25) is 4.79 Å². The molecule has 2 nitrogen and oxygen atoms in total. The minimum atomic E-state index is -0.0168. The lowest BCUT2D eigenvalue weighted by atomic mass is 10.4. The van der Waals surface area contributed by atoms with E-state index in [-0.39, 0.29) is 11.9 Å². The van der Waals surface area contributed by atoms with Crippen molar-refractivity contribution in [1.29, 1.82) is 0 Å². The predicted octanol–water partition coefficient (Wildman–Crippen LogP) is 1.37. The minimum Gasteiger partial charge on any atom is -0.466 e. The van der Waals surface area contributed by atoms with E-state index in [9.17, 15) is 4.79 Å². The summed E-state index contributed by atoms with van der Waals surface area (Å²) < 4.78 is 5.34. The van der Waals surface area contributed by atoms with Crippen molar-refractivity contribution in [3.8, 4) is 0 Å². The largest absolute Gasteiger partial charge is 0.466 e. The maximum absolute atomic E-state index is 10.8. The van der Waals surface area contributed by atoms with Gasteiger partial charge in [0.15, 0.2) is 0 Å². The van der Waals surface area contributed by atoms with E-state index in [1.165, 1.54) is 0 Å². The molecule has 2 atom stereocenters. The molecule has 52 valence electrons. The van der Waals surface area contributed by atoms with Gasteiger partial charge in [-0.05, 0) is 13.3 Å². The zero-order valence-corrected chi connectivity index (χ0v) is 7.42. The highest BCUT2D eigenvalue weighted by Crippen LogP contribution is 2.38. The molecule has 0 unspecified atom stereocenters. The fraction of sp³-hybridized carbons (Fsp3) is 0.833. The standard InChI is InChI=1S/C6H9IO2/c1-2-9-6(8)4-3-5(4)7/h4-5H,2-3H2,1H3/t4-,5-/m1/s1. The third kappa shape index (κ3) is 1.81. The first kappa shape index (κ1) is 7.31. The average Bonchev–Trinajstić information content (AvgIpc) is 2.47. The molecule has 1 fully saturated rings. The summed E-state index contributed by atoms with van der Waals surface area (Å²) in [6.45, 7) is 2.35. The molecule has 0 heterocycles. The molecule has 3 heteroatoms. The zero-order valence-electron chi connectivity index (χ0n) is 5.26. The van der Waals surface area contributed by atoms with E-state index in [1.807, 2.05) is 6.92 Å². The molecule has 0 saturated heterocycles. The van der Waals surface area contributed by atoms with Crippen molar-refractivity contribution in [3.05, 3.63) is 0 Å². The normalized spacial score (nSPS) is 31.8. The van der Waals surface area contributed by atoms with E-state index < -0.39 is 0 Å². The first-order chi connectivity index (χ1) is 4.25. The van der Waals surface area contributed by atoms with Crippen LogP contribution in [0.15, 0.2) is 0 Å². The highest BCUT2D eigenvalue weighted by molar-refractivity contribution is 14.1. The summed E-state index contributed by atoms with van der Waals surface area (Å²) in [6.07, 6.45) is 1.01.